The Kier molecular flexibility index (Phi) is 4.72. The summed E-state index contributed by atoms with van der Waals surface area (Å²) in [5.41, 5.74) is 4.06. The topological polar surface area (TPSA) is 88.9 Å². The Morgan fingerprint density at radius 1 is 1.11 bits per heavy atom. The first-order valence-electron chi connectivity index (χ1n) is 8.54. The zero-order chi connectivity index (χ0) is 19.9. The Balaban J connectivity index is 1.80. The van der Waals surface area contributed by atoms with Gasteiger partial charge in [0.05, 0.1) is 6.26 Å². The van der Waals surface area contributed by atoms with Crippen LogP contribution in [0, 0.1) is 6.92 Å². The second-order valence-electron chi connectivity index (χ2n) is 6.65. The third-order valence-corrected chi connectivity index (χ3v) is 5.40. The van der Waals surface area contributed by atoms with Gasteiger partial charge in [0.15, 0.2) is 0 Å². The first-order valence-corrected chi connectivity index (χ1v) is 11.2. The molecule has 7 nitrogen and oxygen atoms in total. The van der Waals surface area contributed by atoms with Crippen LogP contribution in [0.3, 0.4) is 0 Å². The molecule has 144 valence electrons. The maximum atomic E-state index is 11.6. The molecule has 0 spiro atoms. The maximum absolute atomic E-state index is 11.6. The normalized spacial score (nSPS) is 16.1. The van der Waals surface area contributed by atoms with Crippen molar-refractivity contribution in [2.45, 2.75) is 13.0 Å². The lowest BCUT2D eigenvalue weighted by atomic mass is 10.0. The van der Waals surface area contributed by atoms with Crippen molar-refractivity contribution < 1.29 is 8.42 Å². The van der Waals surface area contributed by atoms with E-state index in [0.29, 0.717) is 5.95 Å². The number of hydrogen-bond donors (Lipinski definition) is 2. The van der Waals surface area contributed by atoms with Gasteiger partial charge in [-0.3, -0.25) is 4.72 Å². The van der Waals surface area contributed by atoms with Crippen molar-refractivity contribution in [2.75, 3.05) is 16.3 Å². The molecule has 1 aliphatic heterocycles. The molecule has 0 saturated carbocycles. The minimum Gasteiger partial charge on any atom is -0.324 e. The molecule has 2 N–H and O–H groups in total. The molecule has 9 heteroatoms. The summed E-state index contributed by atoms with van der Waals surface area (Å²) in [6.07, 6.45) is 3.13. The number of nitrogens with zero attached hydrogens (tertiary/aromatic N) is 3. The van der Waals surface area contributed by atoms with Crippen molar-refractivity contribution >= 4 is 43.5 Å². The Morgan fingerprint density at radius 3 is 2.43 bits per heavy atom. The van der Waals surface area contributed by atoms with Crippen LogP contribution in [-0.2, 0) is 10.0 Å². The molecule has 2 aromatic carbocycles. The van der Waals surface area contributed by atoms with Gasteiger partial charge in [-0.2, -0.15) is 4.98 Å². The Hall–Kier alpha value is -2.65. The summed E-state index contributed by atoms with van der Waals surface area (Å²) in [5, 5.41) is 7.61. The van der Waals surface area contributed by atoms with Crippen LogP contribution in [0.25, 0.3) is 5.70 Å². The van der Waals surface area contributed by atoms with E-state index in [1.54, 1.807) is 4.68 Å². The van der Waals surface area contributed by atoms with Crippen molar-refractivity contribution in [3.8, 4) is 0 Å². The Labute approximate surface area is 171 Å². The molecule has 0 fully saturated rings. The molecule has 1 unspecified atom stereocenters. The molecule has 3 aromatic rings. The number of aryl methyl sites for hydroxylation is 1. The molecule has 0 saturated heterocycles. The van der Waals surface area contributed by atoms with Crippen LogP contribution < -0.4 is 10.0 Å². The van der Waals surface area contributed by atoms with Gasteiger partial charge in [-0.15, -0.1) is 5.10 Å². The number of aromatic nitrogens is 3. The average Bonchev–Trinajstić information content (AvgIpc) is 3.02. The number of hydrogen-bond acceptors (Lipinski definition) is 5. The summed E-state index contributed by atoms with van der Waals surface area (Å²) in [6, 6.07) is 15.9. The third kappa shape index (κ3) is 3.95. The molecule has 0 aliphatic carbocycles. The van der Waals surface area contributed by atoms with E-state index >= 15 is 0 Å². The molecule has 2 heterocycles. The number of nitrogens with one attached hydrogen (secondary N) is 2. The fourth-order valence-electron chi connectivity index (χ4n) is 3.00. The van der Waals surface area contributed by atoms with E-state index in [2.05, 4.69) is 42.1 Å². The average molecular weight is 460 g/mol. The lowest BCUT2D eigenvalue weighted by Gasteiger charge is -2.24. The van der Waals surface area contributed by atoms with Crippen molar-refractivity contribution in [3.05, 3.63) is 75.8 Å². The van der Waals surface area contributed by atoms with Crippen LogP contribution in [0.5, 0.6) is 0 Å². The van der Waals surface area contributed by atoms with Crippen LogP contribution in [0.2, 0.25) is 0 Å². The minimum absolute atomic E-state index is 0.0348. The van der Waals surface area contributed by atoms with E-state index in [-0.39, 0.29) is 12.0 Å². The molecule has 28 heavy (non-hydrogen) atoms. The van der Waals surface area contributed by atoms with E-state index in [0.717, 1.165) is 33.1 Å². The quantitative estimate of drug-likeness (QED) is 0.619. The zero-order valence-electron chi connectivity index (χ0n) is 15.2. The molecule has 0 amide bonds. The van der Waals surface area contributed by atoms with Gasteiger partial charge in [0, 0.05) is 10.2 Å². The van der Waals surface area contributed by atoms with Gasteiger partial charge in [0.25, 0.3) is 5.95 Å². The van der Waals surface area contributed by atoms with Gasteiger partial charge in [0.1, 0.15) is 6.04 Å². The van der Waals surface area contributed by atoms with Gasteiger partial charge >= 0.3 is 0 Å². The van der Waals surface area contributed by atoms with E-state index in [1.165, 1.54) is 0 Å². The zero-order valence-corrected chi connectivity index (χ0v) is 17.6. The number of sulfonamides is 1. The number of anilines is 2. The highest BCUT2D eigenvalue weighted by molar-refractivity contribution is 9.10. The summed E-state index contributed by atoms with van der Waals surface area (Å²) in [5.74, 6) is 0.504. The second kappa shape index (κ2) is 7.06. The summed E-state index contributed by atoms with van der Waals surface area (Å²) < 4.78 is 28.2. The van der Waals surface area contributed by atoms with Crippen LogP contribution >= 0.6 is 15.9 Å². The molecule has 1 aliphatic rings. The van der Waals surface area contributed by atoms with E-state index in [4.69, 9.17) is 0 Å². The first-order chi connectivity index (χ1) is 13.3. The lowest BCUT2D eigenvalue weighted by Crippen LogP contribution is -2.20. The van der Waals surface area contributed by atoms with Crippen LogP contribution in [-0.4, -0.2) is 29.4 Å². The summed E-state index contributed by atoms with van der Waals surface area (Å²) in [4.78, 5) is 4.32. The molecule has 4 rings (SSSR count). The van der Waals surface area contributed by atoms with Crippen molar-refractivity contribution in [3.63, 3.8) is 0 Å². The highest BCUT2D eigenvalue weighted by Gasteiger charge is 2.26. The molecule has 1 atom stereocenters. The van der Waals surface area contributed by atoms with Crippen LogP contribution in [0.1, 0.15) is 22.7 Å². The van der Waals surface area contributed by atoms with Crippen molar-refractivity contribution in [2.24, 2.45) is 0 Å². The smallest absolute Gasteiger partial charge is 0.257 e. The van der Waals surface area contributed by atoms with E-state index in [1.807, 2.05) is 55.5 Å². The number of benzene rings is 2. The number of fused-ring (bicyclic) bond motifs is 1. The highest BCUT2D eigenvalue weighted by Crippen LogP contribution is 2.33. The van der Waals surface area contributed by atoms with Gasteiger partial charge in [-0.25, -0.2) is 13.1 Å². The molecule has 1 aromatic heterocycles. The third-order valence-electron chi connectivity index (χ3n) is 4.32. The number of halogens is 1. The number of rotatable bonds is 4. The fourth-order valence-corrected chi connectivity index (χ4v) is 3.68. The van der Waals surface area contributed by atoms with E-state index in [9.17, 15) is 8.42 Å². The maximum Gasteiger partial charge on any atom is 0.257 e. The predicted octanol–water partition coefficient (Wildman–Crippen LogP) is 3.78. The van der Waals surface area contributed by atoms with Crippen molar-refractivity contribution in [1.29, 1.82) is 0 Å². The van der Waals surface area contributed by atoms with Crippen LogP contribution in [0.15, 0.2) is 59.1 Å². The molecular formula is C19H18BrN5O2S. The predicted molar refractivity (Wildman–Crippen MR) is 114 cm³/mol. The summed E-state index contributed by atoms with van der Waals surface area (Å²) in [6.45, 7) is 2.03. The van der Waals surface area contributed by atoms with Gasteiger partial charge in [0.2, 0.25) is 16.0 Å². The summed E-state index contributed by atoms with van der Waals surface area (Å²) >= 11 is 3.45. The monoisotopic (exact) mass is 459 g/mol. The largest absolute Gasteiger partial charge is 0.324 e. The SMILES string of the molecule is Cc1ccc(C2C=C(c3ccc(Br)cc3)Nc3nc(NS(C)(=O)=O)nn32)cc1. The van der Waals surface area contributed by atoms with E-state index < -0.39 is 10.0 Å². The second-order valence-corrected chi connectivity index (χ2v) is 9.31. The first kappa shape index (κ1) is 18.7. The van der Waals surface area contributed by atoms with Gasteiger partial charge < -0.3 is 5.32 Å². The molecule has 0 bridgehead atoms. The van der Waals surface area contributed by atoms with Gasteiger partial charge in [-0.05, 0) is 36.3 Å². The van der Waals surface area contributed by atoms with Crippen molar-refractivity contribution in [1.82, 2.24) is 14.8 Å². The van der Waals surface area contributed by atoms with Gasteiger partial charge in [-0.1, -0.05) is 57.9 Å². The standard InChI is InChI=1S/C19H18BrN5O2S/c1-12-3-5-14(6-4-12)17-11-16(13-7-9-15(20)10-8-13)21-19-22-18(23-25(17)19)24-28(2,26)27/h3-11,17H,1-2H3,(H2,21,22,23,24). The summed E-state index contributed by atoms with van der Waals surface area (Å²) in [7, 11) is -3.47. The highest BCUT2D eigenvalue weighted by atomic mass is 79.9. The fraction of sp³-hybridized carbons (Fsp3) is 0.158. The number of allylic oxidation sites excluding steroid dienone is 1. The Morgan fingerprint density at radius 2 is 1.79 bits per heavy atom. The minimum atomic E-state index is -3.47. The van der Waals surface area contributed by atoms with Crippen LogP contribution in [0.4, 0.5) is 11.9 Å². The molecule has 0 radical (unpaired) electrons. The lowest BCUT2D eigenvalue weighted by molar-refractivity contribution is 0.603. The molecular weight excluding hydrogens is 442 g/mol. The Bertz CT molecular complexity index is 1150.